The number of alkyl carbamates (subject to hydrolysis) is 1. The Bertz CT molecular complexity index is 706. The molecule has 8 heteroatoms. The highest BCUT2D eigenvalue weighted by atomic mass is 19.1. The van der Waals surface area contributed by atoms with Gasteiger partial charge < -0.3 is 20.1 Å². The molecule has 1 aliphatic rings. The van der Waals surface area contributed by atoms with Crippen LogP contribution >= 0.6 is 0 Å². The lowest BCUT2D eigenvalue weighted by molar-refractivity contribution is -0.126. The zero-order chi connectivity index (χ0) is 21.4. The monoisotopic (exact) mass is 409 g/mol. The predicted molar refractivity (Wildman–Crippen MR) is 108 cm³/mol. The van der Waals surface area contributed by atoms with Crippen LogP contribution in [0.4, 0.5) is 9.18 Å². The van der Waals surface area contributed by atoms with Crippen LogP contribution in [0.5, 0.6) is 5.75 Å². The molecule has 7 nitrogen and oxygen atoms in total. The Morgan fingerprint density at radius 1 is 1.24 bits per heavy atom. The van der Waals surface area contributed by atoms with Gasteiger partial charge in [-0.25, -0.2) is 9.18 Å². The van der Waals surface area contributed by atoms with Crippen molar-refractivity contribution in [1.29, 1.82) is 0 Å². The zero-order valence-corrected chi connectivity index (χ0v) is 17.7. The van der Waals surface area contributed by atoms with E-state index < -0.39 is 11.7 Å². The van der Waals surface area contributed by atoms with Crippen LogP contribution in [0.3, 0.4) is 0 Å². The van der Waals surface area contributed by atoms with Crippen LogP contribution in [0.2, 0.25) is 0 Å². The fourth-order valence-corrected chi connectivity index (χ4v) is 3.33. The first-order chi connectivity index (χ1) is 13.7. The summed E-state index contributed by atoms with van der Waals surface area (Å²) >= 11 is 0. The molecule has 0 aromatic heterocycles. The lowest BCUT2D eigenvalue weighted by Gasteiger charge is -2.32. The SMILES string of the molecule is COc1ccc(F)cc1CN1CCCC(C(=O)NCCNC(=O)OC(C)(C)C)C1. The van der Waals surface area contributed by atoms with E-state index in [9.17, 15) is 14.0 Å². The fourth-order valence-electron chi connectivity index (χ4n) is 3.33. The zero-order valence-electron chi connectivity index (χ0n) is 17.7. The van der Waals surface area contributed by atoms with Crippen LogP contribution in [-0.2, 0) is 16.1 Å². The topological polar surface area (TPSA) is 79.9 Å². The van der Waals surface area contributed by atoms with Crippen molar-refractivity contribution in [3.05, 3.63) is 29.6 Å². The summed E-state index contributed by atoms with van der Waals surface area (Å²) in [5, 5.41) is 5.49. The second kappa shape index (κ2) is 10.4. The second-order valence-corrected chi connectivity index (χ2v) is 8.25. The summed E-state index contributed by atoms with van der Waals surface area (Å²) < 4.78 is 24.1. The summed E-state index contributed by atoms with van der Waals surface area (Å²) in [6.07, 6.45) is 1.20. The van der Waals surface area contributed by atoms with Crippen LogP contribution in [0.25, 0.3) is 0 Å². The Hall–Kier alpha value is -2.35. The smallest absolute Gasteiger partial charge is 0.407 e. The fraction of sp³-hybridized carbons (Fsp3) is 0.619. The lowest BCUT2D eigenvalue weighted by atomic mass is 9.96. The van der Waals surface area contributed by atoms with Gasteiger partial charge in [0.2, 0.25) is 5.91 Å². The summed E-state index contributed by atoms with van der Waals surface area (Å²) in [5.74, 6) is 0.174. The molecular formula is C21H32FN3O4. The largest absolute Gasteiger partial charge is 0.496 e. The number of nitrogens with zero attached hydrogens (tertiary/aromatic N) is 1. The number of halogens is 1. The van der Waals surface area contributed by atoms with Crippen molar-refractivity contribution in [2.75, 3.05) is 33.3 Å². The molecule has 2 amide bonds. The molecule has 2 N–H and O–H groups in total. The van der Waals surface area contributed by atoms with Gasteiger partial charge in [0.15, 0.2) is 0 Å². The number of methoxy groups -OCH3 is 1. The molecule has 2 rings (SSSR count). The number of ether oxygens (including phenoxy) is 2. The van der Waals surface area contributed by atoms with Crippen molar-refractivity contribution in [2.24, 2.45) is 5.92 Å². The van der Waals surface area contributed by atoms with E-state index in [1.54, 1.807) is 33.9 Å². The first-order valence-electron chi connectivity index (χ1n) is 9.97. The average Bonchev–Trinajstić information content (AvgIpc) is 2.64. The van der Waals surface area contributed by atoms with Crippen LogP contribution in [-0.4, -0.2) is 55.8 Å². The van der Waals surface area contributed by atoms with Crippen molar-refractivity contribution in [3.8, 4) is 5.75 Å². The van der Waals surface area contributed by atoms with Gasteiger partial charge in [-0.15, -0.1) is 0 Å². The first-order valence-corrected chi connectivity index (χ1v) is 9.97. The van der Waals surface area contributed by atoms with Crippen molar-refractivity contribution in [1.82, 2.24) is 15.5 Å². The molecule has 1 atom stereocenters. The highest BCUT2D eigenvalue weighted by Crippen LogP contribution is 2.24. The molecule has 0 spiro atoms. The molecule has 1 unspecified atom stereocenters. The molecule has 1 saturated heterocycles. The van der Waals surface area contributed by atoms with E-state index in [2.05, 4.69) is 15.5 Å². The van der Waals surface area contributed by atoms with Gasteiger partial charge in [0, 0.05) is 31.7 Å². The van der Waals surface area contributed by atoms with Crippen molar-refractivity contribution >= 4 is 12.0 Å². The van der Waals surface area contributed by atoms with E-state index in [4.69, 9.17) is 9.47 Å². The van der Waals surface area contributed by atoms with Crippen molar-refractivity contribution in [3.63, 3.8) is 0 Å². The number of rotatable bonds is 7. The van der Waals surface area contributed by atoms with Gasteiger partial charge in [-0.2, -0.15) is 0 Å². The molecule has 162 valence electrons. The van der Waals surface area contributed by atoms with Gasteiger partial charge in [0.1, 0.15) is 17.2 Å². The molecule has 1 aromatic rings. The summed E-state index contributed by atoms with van der Waals surface area (Å²) in [6, 6.07) is 4.47. The minimum Gasteiger partial charge on any atom is -0.496 e. The normalized spacial score (nSPS) is 17.5. The number of carbonyl (C=O) groups is 2. The number of nitrogens with one attached hydrogen (secondary N) is 2. The minimum atomic E-state index is -0.552. The van der Waals surface area contributed by atoms with E-state index >= 15 is 0 Å². The summed E-state index contributed by atoms with van der Waals surface area (Å²) in [4.78, 5) is 26.2. The quantitative estimate of drug-likeness (QED) is 0.677. The van der Waals surface area contributed by atoms with Gasteiger partial charge in [-0.05, 0) is 58.4 Å². The molecule has 0 saturated carbocycles. The number of carbonyl (C=O) groups excluding carboxylic acids is 2. The maximum atomic E-state index is 13.6. The summed E-state index contributed by atoms with van der Waals surface area (Å²) in [7, 11) is 1.56. The molecule has 1 aromatic carbocycles. The van der Waals surface area contributed by atoms with E-state index in [0.29, 0.717) is 31.9 Å². The van der Waals surface area contributed by atoms with Gasteiger partial charge in [0.05, 0.1) is 13.0 Å². The molecule has 0 aliphatic carbocycles. The van der Waals surface area contributed by atoms with Gasteiger partial charge in [-0.3, -0.25) is 9.69 Å². The summed E-state index contributed by atoms with van der Waals surface area (Å²) in [5.41, 5.74) is 0.221. The van der Waals surface area contributed by atoms with Gasteiger partial charge in [0.25, 0.3) is 0 Å². The molecule has 1 aliphatic heterocycles. The molecule has 1 heterocycles. The molecule has 0 bridgehead atoms. The number of likely N-dealkylation sites (tertiary alicyclic amines) is 1. The molecule has 1 fully saturated rings. The van der Waals surface area contributed by atoms with Crippen molar-refractivity contribution < 1.29 is 23.5 Å². The number of piperidine rings is 1. The number of hydrogen-bond donors (Lipinski definition) is 2. The third kappa shape index (κ3) is 7.89. The Labute approximate surface area is 171 Å². The van der Waals surface area contributed by atoms with Crippen LogP contribution in [0.1, 0.15) is 39.2 Å². The van der Waals surface area contributed by atoms with Crippen molar-refractivity contribution in [2.45, 2.75) is 45.8 Å². The molecule has 29 heavy (non-hydrogen) atoms. The van der Waals surface area contributed by atoms with E-state index in [0.717, 1.165) is 24.9 Å². The third-order valence-corrected chi connectivity index (χ3v) is 4.61. The highest BCUT2D eigenvalue weighted by molar-refractivity contribution is 5.79. The van der Waals surface area contributed by atoms with Gasteiger partial charge >= 0.3 is 6.09 Å². The maximum absolute atomic E-state index is 13.6. The van der Waals surface area contributed by atoms with E-state index in [1.807, 2.05) is 0 Å². The minimum absolute atomic E-state index is 0.0353. The van der Waals surface area contributed by atoms with Crippen LogP contribution in [0, 0.1) is 11.7 Å². The van der Waals surface area contributed by atoms with E-state index in [1.165, 1.54) is 12.1 Å². The second-order valence-electron chi connectivity index (χ2n) is 8.25. The summed E-state index contributed by atoms with van der Waals surface area (Å²) in [6.45, 7) is 8.01. The van der Waals surface area contributed by atoms with Gasteiger partial charge in [-0.1, -0.05) is 0 Å². The first kappa shape index (κ1) is 22.9. The van der Waals surface area contributed by atoms with Crippen LogP contribution in [0.15, 0.2) is 18.2 Å². The Morgan fingerprint density at radius 3 is 2.66 bits per heavy atom. The Balaban J connectivity index is 1.78. The Morgan fingerprint density at radius 2 is 1.97 bits per heavy atom. The number of hydrogen-bond acceptors (Lipinski definition) is 5. The third-order valence-electron chi connectivity index (χ3n) is 4.61. The van der Waals surface area contributed by atoms with Crippen LogP contribution < -0.4 is 15.4 Å². The molecular weight excluding hydrogens is 377 g/mol. The average molecular weight is 410 g/mol. The predicted octanol–water partition coefficient (Wildman–Crippen LogP) is 2.69. The number of benzene rings is 1. The molecule has 0 radical (unpaired) electrons. The number of amides is 2. The maximum Gasteiger partial charge on any atom is 0.407 e. The highest BCUT2D eigenvalue weighted by Gasteiger charge is 2.26. The lowest BCUT2D eigenvalue weighted by Crippen LogP contribution is -2.44. The Kier molecular flexibility index (Phi) is 8.25. The standard InChI is InChI=1S/C21H32FN3O4/c1-21(2,3)29-20(27)24-10-9-23-19(26)15-6-5-11-25(13-15)14-16-12-17(22)7-8-18(16)28-4/h7-8,12,15H,5-6,9-11,13-14H2,1-4H3,(H,23,26)(H,24,27). The van der Waals surface area contributed by atoms with E-state index in [-0.39, 0.29) is 17.6 Å².